The maximum atomic E-state index is 12.9. The van der Waals surface area contributed by atoms with Gasteiger partial charge in [-0.1, -0.05) is 18.2 Å². The van der Waals surface area contributed by atoms with E-state index < -0.39 is 0 Å². The largest absolute Gasteiger partial charge is 0.370 e. The van der Waals surface area contributed by atoms with Gasteiger partial charge in [-0.3, -0.25) is 0 Å². The molecule has 2 atom stereocenters. The van der Waals surface area contributed by atoms with Crippen molar-refractivity contribution in [3.05, 3.63) is 65.0 Å². The Morgan fingerprint density at radius 3 is 2.55 bits per heavy atom. The number of guanidine groups is 1. The molecule has 0 spiro atoms. The highest BCUT2D eigenvalue weighted by Crippen LogP contribution is 2.43. The van der Waals surface area contributed by atoms with Crippen molar-refractivity contribution in [2.24, 2.45) is 10.7 Å². The Morgan fingerprint density at radius 2 is 1.86 bits per heavy atom. The van der Waals surface area contributed by atoms with E-state index in [2.05, 4.69) is 36.3 Å². The number of hydrogen-bond acceptors (Lipinski definition) is 1. The number of benzene rings is 2. The number of nitrogens with zero attached hydrogens (tertiary/aromatic N) is 1. The molecule has 2 aromatic carbocycles. The summed E-state index contributed by atoms with van der Waals surface area (Å²) in [5, 5.41) is 3.13. The van der Waals surface area contributed by atoms with Crippen LogP contribution in [0.15, 0.2) is 47.5 Å². The third-order valence-electron chi connectivity index (χ3n) is 4.14. The van der Waals surface area contributed by atoms with E-state index in [1.165, 1.54) is 23.3 Å². The van der Waals surface area contributed by atoms with Crippen LogP contribution in [0.3, 0.4) is 0 Å². The summed E-state index contributed by atoms with van der Waals surface area (Å²) in [6.45, 7) is 4.15. The molecule has 0 aliphatic heterocycles. The zero-order valence-electron chi connectivity index (χ0n) is 12.8. The lowest BCUT2D eigenvalue weighted by Gasteiger charge is -2.08. The third kappa shape index (κ3) is 3.27. The highest BCUT2D eigenvalue weighted by molar-refractivity contribution is 5.92. The van der Waals surface area contributed by atoms with Crippen LogP contribution in [0.2, 0.25) is 0 Å². The van der Waals surface area contributed by atoms with Crippen LogP contribution in [0.1, 0.15) is 29.0 Å². The summed E-state index contributed by atoms with van der Waals surface area (Å²) in [7, 11) is 0. The summed E-state index contributed by atoms with van der Waals surface area (Å²) in [5.41, 5.74) is 10.5. The first kappa shape index (κ1) is 14.6. The Bertz CT molecular complexity index is 707. The van der Waals surface area contributed by atoms with Gasteiger partial charge in [-0.05, 0) is 61.2 Å². The van der Waals surface area contributed by atoms with Gasteiger partial charge in [-0.25, -0.2) is 9.38 Å². The minimum Gasteiger partial charge on any atom is -0.370 e. The van der Waals surface area contributed by atoms with Crippen molar-refractivity contribution in [3.63, 3.8) is 0 Å². The van der Waals surface area contributed by atoms with Crippen LogP contribution in [0, 0.1) is 19.7 Å². The average Bonchev–Trinajstić information content (AvgIpc) is 3.22. The summed E-state index contributed by atoms with van der Waals surface area (Å²) < 4.78 is 12.9. The van der Waals surface area contributed by atoms with Gasteiger partial charge < -0.3 is 11.1 Å². The van der Waals surface area contributed by atoms with E-state index in [1.54, 1.807) is 0 Å². The zero-order valence-corrected chi connectivity index (χ0v) is 12.8. The molecule has 1 aliphatic rings. The monoisotopic (exact) mass is 297 g/mol. The van der Waals surface area contributed by atoms with Gasteiger partial charge in [0.25, 0.3) is 0 Å². The number of nitrogens with two attached hydrogens (primary N) is 1. The molecule has 3 rings (SSSR count). The van der Waals surface area contributed by atoms with Crippen LogP contribution in [-0.2, 0) is 0 Å². The summed E-state index contributed by atoms with van der Waals surface area (Å²) >= 11 is 0. The third-order valence-corrected chi connectivity index (χ3v) is 4.14. The minimum atomic E-state index is -0.208. The second-order valence-electron chi connectivity index (χ2n) is 5.90. The molecule has 0 saturated heterocycles. The number of aryl methyl sites for hydroxylation is 2. The smallest absolute Gasteiger partial charge is 0.193 e. The predicted octanol–water partition coefficient (Wildman–Crippen LogP) is 3.73. The quantitative estimate of drug-likeness (QED) is 0.670. The molecule has 1 aliphatic carbocycles. The molecule has 0 radical (unpaired) electrons. The number of halogens is 1. The molecule has 0 unspecified atom stereocenters. The van der Waals surface area contributed by atoms with E-state index in [9.17, 15) is 4.39 Å². The highest BCUT2D eigenvalue weighted by Gasteiger charge is 2.38. The van der Waals surface area contributed by atoms with E-state index in [0.717, 1.165) is 17.7 Å². The predicted molar refractivity (Wildman–Crippen MR) is 88.7 cm³/mol. The second-order valence-corrected chi connectivity index (χ2v) is 5.90. The molecule has 4 heteroatoms. The van der Waals surface area contributed by atoms with Crippen LogP contribution in [0.25, 0.3) is 0 Å². The maximum Gasteiger partial charge on any atom is 0.193 e. The molecule has 0 heterocycles. The first-order valence-electron chi connectivity index (χ1n) is 7.46. The van der Waals surface area contributed by atoms with E-state index in [-0.39, 0.29) is 11.9 Å². The fourth-order valence-electron chi connectivity index (χ4n) is 2.57. The van der Waals surface area contributed by atoms with Gasteiger partial charge in [0.05, 0.1) is 6.04 Å². The van der Waals surface area contributed by atoms with E-state index in [4.69, 9.17) is 5.73 Å². The van der Waals surface area contributed by atoms with Crippen molar-refractivity contribution >= 4 is 11.6 Å². The zero-order chi connectivity index (χ0) is 15.7. The Morgan fingerprint density at radius 1 is 1.14 bits per heavy atom. The summed E-state index contributed by atoms with van der Waals surface area (Å²) in [5.74, 6) is 0.568. The van der Waals surface area contributed by atoms with E-state index >= 15 is 0 Å². The van der Waals surface area contributed by atoms with Crippen molar-refractivity contribution in [1.29, 1.82) is 0 Å². The number of anilines is 1. The number of rotatable bonds is 3. The van der Waals surface area contributed by atoms with Crippen molar-refractivity contribution in [3.8, 4) is 0 Å². The van der Waals surface area contributed by atoms with Crippen LogP contribution in [0.5, 0.6) is 0 Å². The van der Waals surface area contributed by atoms with Crippen molar-refractivity contribution in [2.45, 2.75) is 32.2 Å². The van der Waals surface area contributed by atoms with Crippen LogP contribution < -0.4 is 11.1 Å². The first-order chi connectivity index (χ1) is 10.5. The Labute approximate surface area is 130 Å². The van der Waals surface area contributed by atoms with Gasteiger partial charge in [0.1, 0.15) is 5.82 Å². The lowest BCUT2D eigenvalue weighted by molar-refractivity contribution is 0.627. The van der Waals surface area contributed by atoms with Crippen molar-refractivity contribution in [1.82, 2.24) is 0 Å². The molecule has 0 aromatic heterocycles. The number of nitrogens with one attached hydrogen (secondary N) is 1. The average molecular weight is 297 g/mol. The topological polar surface area (TPSA) is 50.4 Å². The molecule has 2 aromatic rings. The van der Waals surface area contributed by atoms with Crippen molar-refractivity contribution in [2.75, 3.05) is 5.32 Å². The molecule has 22 heavy (non-hydrogen) atoms. The Balaban J connectivity index is 1.63. The van der Waals surface area contributed by atoms with Gasteiger partial charge in [0.15, 0.2) is 5.96 Å². The lowest BCUT2D eigenvalue weighted by Crippen LogP contribution is -2.23. The number of hydrogen-bond donors (Lipinski definition) is 2. The van der Waals surface area contributed by atoms with Gasteiger partial charge >= 0.3 is 0 Å². The minimum absolute atomic E-state index is 0.185. The normalized spacial score (nSPS) is 20.8. The van der Waals surface area contributed by atoms with E-state index in [1.807, 2.05) is 18.2 Å². The molecular weight excluding hydrogens is 277 g/mol. The molecular formula is C18H20FN3. The van der Waals surface area contributed by atoms with E-state index in [0.29, 0.717) is 11.9 Å². The Kier molecular flexibility index (Phi) is 3.84. The first-order valence-corrected chi connectivity index (χ1v) is 7.46. The van der Waals surface area contributed by atoms with Gasteiger partial charge in [0.2, 0.25) is 0 Å². The maximum absolute atomic E-state index is 12.9. The van der Waals surface area contributed by atoms with Crippen LogP contribution >= 0.6 is 0 Å². The molecule has 3 N–H and O–H groups in total. The van der Waals surface area contributed by atoms with Gasteiger partial charge in [-0.15, -0.1) is 0 Å². The van der Waals surface area contributed by atoms with Gasteiger partial charge in [0, 0.05) is 11.6 Å². The fourth-order valence-corrected chi connectivity index (χ4v) is 2.57. The summed E-state index contributed by atoms with van der Waals surface area (Å²) in [4.78, 5) is 4.51. The summed E-state index contributed by atoms with van der Waals surface area (Å²) in [6, 6.07) is 12.9. The fraction of sp³-hybridized carbons (Fsp3) is 0.278. The Hall–Kier alpha value is -2.36. The standard InChI is InChI=1S/C18H20FN3/c1-11-3-8-15(9-12(11)2)21-18(20)22-17-10-16(17)13-4-6-14(19)7-5-13/h3-9,16-17H,10H2,1-2H3,(H3,20,21,22)/t16-,17+/m0/s1. The second kappa shape index (κ2) is 5.79. The molecule has 1 saturated carbocycles. The molecule has 1 fully saturated rings. The lowest BCUT2D eigenvalue weighted by atomic mass is 10.1. The van der Waals surface area contributed by atoms with Gasteiger partial charge in [-0.2, -0.15) is 0 Å². The molecule has 3 nitrogen and oxygen atoms in total. The molecule has 0 bridgehead atoms. The van der Waals surface area contributed by atoms with Crippen molar-refractivity contribution < 1.29 is 4.39 Å². The highest BCUT2D eigenvalue weighted by atomic mass is 19.1. The van der Waals surface area contributed by atoms with Crippen LogP contribution in [-0.4, -0.2) is 12.0 Å². The number of aliphatic imine (C=N–C) groups is 1. The van der Waals surface area contributed by atoms with Crippen LogP contribution in [0.4, 0.5) is 10.1 Å². The SMILES string of the molecule is Cc1ccc(NC(N)=N[C@@H]2C[C@H]2c2ccc(F)cc2)cc1C. The summed E-state index contributed by atoms with van der Waals surface area (Å²) in [6.07, 6.45) is 0.959. The molecule has 0 amide bonds. The molecule has 114 valence electrons.